The second kappa shape index (κ2) is 6.71. The summed E-state index contributed by atoms with van der Waals surface area (Å²) in [5.74, 6) is 0.600. The fourth-order valence-corrected chi connectivity index (χ4v) is 2.35. The van der Waals surface area contributed by atoms with Crippen molar-refractivity contribution in [2.45, 2.75) is 78.1 Å². The SMILES string of the molecule is CC(NC1CCOC(C(C)C)C1)C(=O)NC(C)(C)C. The van der Waals surface area contributed by atoms with Gasteiger partial charge in [0, 0.05) is 18.2 Å². The smallest absolute Gasteiger partial charge is 0.237 e. The minimum absolute atomic E-state index is 0.0695. The van der Waals surface area contributed by atoms with Crippen LogP contribution in [0.15, 0.2) is 0 Å². The van der Waals surface area contributed by atoms with Crippen LogP contribution in [0.5, 0.6) is 0 Å². The van der Waals surface area contributed by atoms with E-state index in [1.165, 1.54) is 0 Å². The van der Waals surface area contributed by atoms with E-state index in [4.69, 9.17) is 4.74 Å². The maximum absolute atomic E-state index is 12.0. The number of amides is 1. The number of rotatable bonds is 4. The third-order valence-corrected chi connectivity index (χ3v) is 3.44. The molecule has 19 heavy (non-hydrogen) atoms. The second-order valence-corrected chi connectivity index (χ2v) is 7.00. The van der Waals surface area contributed by atoms with Crippen LogP contribution in [0.3, 0.4) is 0 Å². The Morgan fingerprint density at radius 2 is 1.89 bits per heavy atom. The number of carbonyl (C=O) groups excluding carboxylic acids is 1. The normalized spacial score (nSPS) is 26.3. The molecule has 0 aromatic carbocycles. The molecule has 0 spiro atoms. The lowest BCUT2D eigenvalue weighted by Gasteiger charge is -2.34. The Hall–Kier alpha value is -0.610. The molecule has 0 bridgehead atoms. The van der Waals surface area contributed by atoms with Crippen molar-refractivity contribution in [1.82, 2.24) is 10.6 Å². The van der Waals surface area contributed by atoms with Crippen molar-refractivity contribution in [3.05, 3.63) is 0 Å². The molecule has 112 valence electrons. The first-order valence-electron chi connectivity index (χ1n) is 7.38. The van der Waals surface area contributed by atoms with Crippen LogP contribution in [0.4, 0.5) is 0 Å². The van der Waals surface area contributed by atoms with Crippen LogP contribution in [0.25, 0.3) is 0 Å². The molecule has 1 aliphatic heterocycles. The molecule has 1 rings (SSSR count). The van der Waals surface area contributed by atoms with Gasteiger partial charge in [-0.25, -0.2) is 0 Å². The van der Waals surface area contributed by atoms with E-state index in [1.807, 2.05) is 27.7 Å². The predicted octanol–water partition coefficient (Wildman–Crippen LogP) is 2.08. The monoisotopic (exact) mass is 270 g/mol. The molecule has 0 aliphatic carbocycles. The van der Waals surface area contributed by atoms with Crippen molar-refractivity contribution in [2.24, 2.45) is 5.92 Å². The summed E-state index contributed by atoms with van der Waals surface area (Å²) in [5, 5.41) is 6.44. The highest BCUT2D eigenvalue weighted by Crippen LogP contribution is 2.20. The standard InChI is InChI=1S/C15H30N2O2/c1-10(2)13-9-12(7-8-19-13)16-11(3)14(18)17-15(4,5)6/h10-13,16H,7-9H2,1-6H3,(H,17,18). The summed E-state index contributed by atoms with van der Waals surface area (Å²) >= 11 is 0. The topological polar surface area (TPSA) is 50.4 Å². The fraction of sp³-hybridized carbons (Fsp3) is 0.933. The van der Waals surface area contributed by atoms with Crippen molar-refractivity contribution in [3.8, 4) is 0 Å². The van der Waals surface area contributed by atoms with Gasteiger partial charge in [0.2, 0.25) is 5.91 Å². The summed E-state index contributed by atoms with van der Waals surface area (Å²) in [5.41, 5.74) is -0.177. The second-order valence-electron chi connectivity index (χ2n) is 7.00. The van der Waals surface area contributed by atoms with Gasteiger partial charge in [0.25, 0.3) is 0 Å². The average molecular weight is 270 g/mol. The summed E-state index contributed by atoms with van der Waals surface area (Å²) in [6.45, 7) is 13.1. The Kier molecular flexibility index (Phi) is 5.81. The summed E-state index contributed by atoms with van der Waals surface area (Å²) < 4.78 is 5.75. The zero-order valence-electron chi connectivity index (χ0n) is 13.2. The largest absolute Gasteiger partial charge is 0.378 e. The van der Waals surface area contributed by atoms with E-state index in [9.17, 15) is 4.79 Å². The molecule has 3 atom stereocenters. The Labute approximate surface area is 117 Å². The van der Waals surface area contributed by atoms with E-state index in [2.05, 4.69) is 24.5 Å². The van der Waals surface area contributed by atoms with Crippen LogP contribution in [0.1, 0.15) is 54.4 Å². The molecule has 1 amide bonds. The molecule has 4 heteroatoms. The first-order chi connectivity index (χ1) is 8.69. The number of nitrogens with one attached hydrogen (secondary N) is 2. The van der Waals surface area contributed by atoms with Crippen LogP contribution >= 0.6 is 0 Å². The van der Waals surface area contributed by atoms with Gasteiger partial charge in [0.15, 0.2) is 0 Å². The van der Waals surface area contributed by atoms with Crippen LogP contribution in [-0.2, 0) is 9.53 Å². The molecule has 1 saturated heterocycles. The third kappa shape index (κ3) is 5.91. The minimum Gasteiger partial charge on any atom is -0.378 e. The van der Waals surface area contributed by atoms with Gasteiger partial charge in [-0.2, -0.15) is 0 Å². The highest BCUT2D eigenvalue weighted by Gasteiger charge is 2.27. The molecule has 2 N–H and O–H groups in total. The van der Waals surface area contributed by atoms with Crippen molar-refractivity contribution >= 4 is 5.91 Å². The van der Waals surface area contributed by atoms with Crippen molar-refractivity contribution < 1.29 is 9.53 Å². The van der Waals surface area contributed by atoms with Gasteiger partial charge in [0.05, 0.1) is 12.1 Å². The van der Waals surface area contributed by atoms with Crippen molar-refractivity contribution in [3.63, 3.8) is 0 Å². The van der Waals surface area contributed by atoms with Crippen LogP contribution < -0.4 is 10.6 Å². The van der Waals surface area contributed by atoms with Crippen LogP contribution in [-0.4, -0.2) is 36.2 Å². The van der Waals surface area contributed by atoms with E-state index in [0.29, 0.717) is 18.1 Å². The number of carbonyl (C=O) groups is 1. The van der Waals surface area contributed by atoms with Gasteiger partial charge in [-0.15, -0.1) is 0 Å². The van der Waals surface area contributed by atoms with E-state index >= 15 is 0 Å². The summed E-state index contributed by atoms with van der Waals surface area (Å²) in [7, 11) is 0. The fourth-order valence-electron chi connectivity index (χ4n) is 2.35. The van der Waals surface area contributed by atoms with E-state index in [0.717, 1.165) is 19.4 Å². The van der Waals surface area contributed by atoms with Crippen LogP contribution in [0, 0.1) is 5.92 Å². The minimum atomic E-state index is -0.177. The summed E-state index contributed by atoms with van der Waals surface area (Å²) in [4.78, 5) is 12.0. The van der Waals surface area contributed by atoms with Crippen molar-refractivity contribution in [2.75, 3.05) is 6.61 Å². The molecule has 1 fully saturated rings. The highest BCUT2D eigenvalue weighted by molar-refractivity contribution is 5.81. The van der Waals surface area contributed by atoms with E-state index in [1.54, 1.807) is 0 Å². The zero-order chi connectivity index (χ0) is 14.6. The molecule has 0 aromatic heterocycles. The average Bonchev–Trinajstić information content (AvgIpc) is 2.27. The van der Waals surface area contributed by atoms with E-state index in [-0.39, 0.29) is 17.5 Å². The number of ether oxygens (including phenoxy) is 1. The first kappa shape index (κ1) is 16.4. The molecule has 0 radical (unpaired) electrons. The van der Waals surface area contributed by atoms with Gasteiger partial charge in [-0.05, 0) is 46.5 Å². The van der Waals surface area contributed by atoms with Gasteiger partial charge in [-0.3, -0.25) is 4.79 Å². The quantitative estimate of drug-likeness (QED) is 0.822. The Balaban J connectivity index is 2.43. The van der Waals surface area contributed by atoms with Crippen molar-refractivity contribution in [1.29, 1.82) is 0 Å². The molecule has 1 aliphatic rings. The molecule has 0 saturated carbocycles. The number of hydrogen-bond donors (Lipinski definition) is 2. The lowest BCUT2D eigenvalue weighted by Crippen LogP contribution is -2.53. The lowest BCUT2D eigenvalue weighted by molar-refractivity contribution is -0.124. The molecule has 1 heterocycles. The van der Waals surface area contributed by atoms with Gasteiger partial charge >= 0.3 is 0 Å². The highest BCUT2D eigenvalue weighted by atomic mass is 16.5. The first-order valence-corrected chi connectivity index (χ1v) is 7.38. The third-order valence-electron chi connectivity index (χ3n) is 3.44. The zero-order valence-corrected chi connectivity index (χ0v) is 13.2. The molecular weight excluding hydrogens is 240 g/mol. The maximum atomic E-state index is 12.0. The summed E-state index contributed by atoms with van der Waals surface area (Å²) in [6.07, 6.45) is 2.28. The molecule has 4 nitrogen and oxygen atoms in total. The Morgan fingerprint density at radius 3 is 2.42 bits per heavy atom. The molecule has 3 unspecified atom stereocenters. The predicted molar refractivity (Wildman–Crippen MR) is 78.1 cm³/mol. The van der Waals surface area contributed by atoms with Crippen LogP contribution in [0.2, 0.25) is 0 Å². The molecular formula is C15H30N2O2. The summed E-state index contributed by atoms with van der Waals surface area (Å²) in [6, 6.07) is 0.219. The lowest BCUT2D eigenvalue weighted by atomic mass is 9.95. The van der Waals surface area contributed by atoms with Gasteiger partial charge < -0.3 is 15.4 Å². The molecule has 0 aromatic rings. The maximum Gasteiger partial charge on any atom is 0.237 e. The van der Waals surface area contributed by atoms with Gasteiger partial charge in [0.1, 0.15) is 0 Å². The Bertz CT molecular complexity index is 297. The van der Waals surface area contributed by atoms with E-state index < -0.39 is 0 Å². The number of hydrogen-bond acceptors (Lipinski definition) is 3. The Morgan fingerprint density at radius 1 is 1.26 bits per heavy atom. The van der Waals surface area contributed by atoms with Gasteiger partial charge in [-0.1, -0.05) is 13.8 Å².